The Bertz CT molecular complexity index is 995. The lowest BCUT2D eigenvalue weighted by Gasteiger charge is -2.27. The van der Waals surface area contributed by atoms with Gasteiger partial charge in [-0.05, 0) is 45.7 Å². The minimum atomic E-state index is -0.547. The molecule has 1 aliphatic rings. The normalized spacial score (nSPS) is 16.8. The molecule has 1 saturated heterocycles. The lowest BCUT2D eigenvalue weighted by molar-refractivity contribution is 0.0217. The van der Waals surface area contributed by atoms with Crippen LogP contribution < -0.4 is 0 Å². The van der Waals surface area contributed by atoms with E-state index in [2.05, 4.69) is 15.1 Å². The largest absolute Gasteiger partial charge is 0.444 e. The molecule has 0 saturated carbocycles. The number of carbonyl (C=O) groups excluding carboxylic acids is 1. The van der Waals surface area contributed by atoms with Crippen molar-refractivity contribution in [3.05, 3.63) is 54.4 Å². The fraction of sp³-hybridized carbons (Fsp3) is 0.364. The van der Waals surface area contributed by atoms with Gasteiger partial charge >= 0.3 is 6.09 Å². The first-order valence-electron chi connectivity index (χ1n) is 9.77. The van der Waals surface area contributed by atoms with Crippen LogP contribution in [0, 0.1) is 0 Å². The van der Waals surface area contributed by atoms with Crippen molar-refractivity contribution in [3.63, 3.8) is 0 Å². The van der Waals surface area contributed by atoms with Gasteiger partial charge in [0.05, 0.1) is 11.7 Å². The molecule has 7 heteroatoms. The van der Waals surface area contributed by atoms with E-state index in [1.54, 1.807) is 4.90 Å². The predicted molar refractivity (Wildman–Crippen MR) is 108 cm³/mol. The Balaban J connectivity index is 1.56. The number of likely N-dealkylation sites (tertiary alicyclic amines) is 1. The Hall–Kier alpha value is -3.22. The molecule has 1 amide bonds. The maximum absolute atomic E-state index is 12.5. The molecule has 1 fully saturated rings. The van der Waals surface area contributed by atoms with Gasteiger partial charge in [-0.2, -0.15) is 4.98 Å². The second-order valence-corrected chi connectivity index (χ2v) is 8.06. The zero-order valence-corrected chi connectivity index (χ0v) is 16.8. The first-order chi connectivity index (χ1) is 13.9. The molecular formula is C22H24N4O3. The van der Waals surface area contributed by atoms with Gasteiger partial charge < -0.3 is 9.26 Å². The molecule has 4 rings (SSSR count). The van der Waals surface area contributed by atoms with Gasteiger partial charge in [-0.1, -0.05) is 41.6 Å². The van der Waals surface area contributed by atoms with Crippen molar-refractivity contribution in [2.75, 3.05) is 6.54 Å². The molecule has 0 spiro atoms. The van der Waals surface area contributed by atoms with Crippen molar-refractivity contribution >= 4 is 6.09 Å². The van der Waals surface area contributed by atoms with E-state index in [0.717, 1.165) is 24.1 Å². The summed E-state index contributed by atoms with van der Waals surface area (Å²) in [5.41, 5.74) is 1.90. The molecule has 0 bridgehead atoms. The zero-order chi connectivity index (χ0) is 20.4. The third-order valence-corrected chi connectivity index (χ3v) is 4.66. The second-order valence-electron chi connectivity index (χ2n) is 8.06. The van der Waals surface area contributed by atoms with Crippen LogP contribution in [0.4, 0.5) is 4.79 Å². The standard InChI is InChI=1S/C22H24N4O3/c1-22(2,3)28-21(27)26-14-8-13-18(26)19-24-20(29-25-19)17-12-7-11-16(23-17)15-9-5-4-6-10-15/h4-7,9-12,18H,8,13-14H2,1-3H3. The Kier molecular flexibility index (Phi) is 5.05. The molecule has 0 radical (unpaired) electrons. The summed E-state index contributed by atoms with van der Waals surface area (Å²) in [7, 11) is 0. The number of nitrogens with zero attached hydrogens (tertiary/aromatic N) is 4. The molecule has 3 heterocycles. The van der Waals surface area contributed by atoms with Crippen molar-refractivity contribution in [2.24, 2.45) is 0 Å². The molecule has 150 valence electrons. The smallest absolute Gasteiger partial charge is 0.410 e. The highest BCUT2D eigenvalue weighted by Gasteiger charge is 2.36. The van der Waals surface area contributed by atoms with Gasteiger partial charge in [-0.25, -0.2) is 9.78 Å². The molecule has 3 aromatic rings. The van der Waals surface area contributed by atoms with Crippen molar-refractivity contribution in [2.45, 2.75) is 45.3 Å². The Morgan fingerprint density at radius 1 is 1.07 bits per heavy atom. The van der Waals surface area contributed by atoms with Crippen molar-refractivity contribution in [1.29, 1.82) is 0 Å². The highest BCUT2D eigenvalue weighted by molar-refractivity contribution is 5.69. The lowest BCUT2D eigenvalue weighted by Crippen LogP contribution is -2.36. The van der Waals surface area contributed by atoms with E-state index in [1.807, 2.05) is 69.3 Å². The summed E-state index contributed by atoms with van der Waals surface area (Å²) >= 11 is 0. The number of carbonyl (C=O) groups is 1. The van der Waals surface area contributed by atoms with E-state index in [9.17, 15) is 4.79 Å². The average Bonchev–Trinajstić information content (AvgIpc) is 3.37. The zero-order valence-electron chi connectivity index (χ0n) is 16.8. The first kappa shape index (κ1) is 19.1. The minimum absolute atomic E-state index is 0.250. The van der Waals surface area contributed by atoms with Crippen LogP contribution in [0.2, 0.25) is 0 Å². The molecule has 2 aromatic heterocycles. The first-order valence-corrected chi connectivity index (χ1v) is 9.77. The van der Waals surface area contributed by atoms with Crippen LogP contribution in [-0.4, -0.2) is 38.3 Å². The average molecular weight is 392 g/mol. The van der Waals surface area contributed by atoms with Crippen LogP contribution in [0.5, 0.6) is 0 Å². The van der Waals surface area contributed by atoms with Crippen LogP contribution >= 0.6 is 0 Å². The number of rotatable bonds is 3. The monoisotopic (exact) mass is 392 g/mol. The maximum Gasteiger partial charge on any atom is 0.410 e. The van der Waals surface area contributed by atoms with E-state index < -0.39 is 5.60 Å². The Morgan fingerprint density at radius 2 is 1.83 bits per heavy atom. The molecular weight excluding hydrogens is 368 g/mol. The van der Waals surface area contributed by atoms with Crippen LogP contribution in [0.15, 0.2) is 53.1 Å². The summed E-state index contributed by atoms with van der Waals surface area (Å²) in [6.07, 6.45) is 1.29. The number of hydrogen-bond acceptors (Lipinski definition) is 6. The van der Waals surface area contributed by atoms with Crippen LogP contribution in [0.1, 0.15) is 45.5 Å². The molecule has 1 atom stereocenters. The molecule has 1 aliphatic heterocycles. The third-order valence-electron chi connectivity index (χ3n) is 4.66. The van der Waals surface area contributed by atoms with Crippen molar-refractivity contribution < 1.29 is 14.1 Å². The molecule has 1 aromatic carbocycles. The molecule has 0 N–H and O–H groups in total. The second kappa shape index (κ2) is 7.66. The van der Waals surface area contributed by atoms with E-state index >= 15 is 0 Å². The number of ether oxygens (including phenoxy) is 1. The highest BCUT2D eigenvalue weighted by atomic mass is 16.6. The van der Waals surface area contributed by atoms with Gasteiger partial charge in [0.1, 0.15) is 11.3 Å². The Labute approximate surface area is 169 Å². The van der Waals surface area contributed by atoms with Gasteiger partial charge in [-0.3, -0.25) is 4.90 Å². The van der Waals surface area contributed by atoms with Crippen LogP contribution in [0.3, 0.4) is 0 Å². The number of hydrogen-bond donors (Lipinski definition) is 0. The topological polar surface area (TPSA) is 81.4 Å². The lowest BCUT2D eigenvalue weighted by atomic mass is 10.1. The van der Waals surface area contributed by atoms with Gasteiger partial charge in [-0.15, -0.1) is 0 Å². The molecule has 7 nitrogen and oxygen atoms in total. The number of aromatic nitrogens is 3. The summed E-state index contributed by atoms with van der Waals surface area (Å²) < 4.78 is 11.0. The summed E-state index contributed by atoms with van der Waals surface area (Å²) in [4.78, 5) is 23.4. The van der Waals surface area contributed by atoms with Gasteiger partial charge in [0.2, 0.25) is 0 Å². The van der Waals surface area contributed by atoms with E-state index in [4.69, 9.17) is 9.26 Å². The van der Waals surface area contributed by atoms with Crippen molar-refractivity contribution in [1.82, 2.24) is 20.0 Å². The van der Waals surface area contributed by atoms with Gasteiger partial charge in [0.25, 0.3) is 5.89 Å². The van der Waals surface area contributed by atoms with Crippen LogP contribution in [-0.2, 0) is 4.74 Å². The van der Waals surface area contributed by atoms with E-state index in [1.165, 1.54) is 0 Å². The summed E-state index contributed by atoms with van der Waals surface area (Å²) in [5, 5.41) is 4.13. The summed E-state index contributed by atoms with van der Waals surface area (Å²) in [6.45, 7) is 6.18. The van der Waals surface area contributed by atoms with E-state index in [0.29, 0.717) is 24.0 Å². The number of pyridine rings is 1. The summed E-state index contributed by atoms with van der Waals surface area (Å²) in [6, 6.07) is 15.4. The fourth-order valence-corrected chi connectivity index (χ4v) is 3.37. The Morgan fingerprint density at radius 3 is 2.59 bits per heavy atom. The van der Waals surface area contributed by atoms with Crippen molar-refractivity contribution in [3.8, 4) is 22.8 Å². The SMILES string of the molecule is CC(C)(C)OC(=O)N1CCCC1c1noc(-c2cccc(-c3ccccc3)n2)n1. The number of benzene rings is 1. The minimum Gasteiger partial charge on any atom is -0.444 e. The van der Waals surface area contributed by atoms with Gasteiger partial charge in [0.15, 0.2) is 5.82 Å². The van der Waals surface area contributed by atoms with E-state index in [-0.39, 0.29) is 12.1 Å². The fourth-order valence-electron chi connectivity index (χ4n) is 3.37. The quantitative estimate of drug-likeness (QED) is 0.632. The number of amides is 1. The highest BCUT2D eigenvalue weighted by Crippen LogP contribution is 2.32. The van der Waals surface area contributed by atoms with Gasteiger partial charge in [0, 0.05) is 12.1 Å². The molecule has 1 unspecified atom stereocenters. The third kappa shape index (κ3) is 4.29. The summed E-state index contributed by atoms with van der Waals surface area (Å²) in [5.74, 6) is 0.823. The molecule has 0 aliphatic carbocycles. The predicted octanol–water partition coefficient (Wildman–Crippen LogP) is 4.87. The van der Waals surface area contributed by atoms with Crippen LogP contribution in [0.25, 0.3) is 22.8 Å². The maximum atomic E-state index is 12.5. The molecule has 29 heavy (non-hydrogen) atoms.